The monoisotopic (exact) mass is 397 g/mol. The molecule has 0 spiro atoms. The van der Waals surface area contributed by atoms with Gasteiger partial charge in [0.1, 0.15) is 5.75 Å². The van der Waals surface area contributed by atoms with E-state index in [9.17, 15) is 14.7 Å². The molecule has 0 saturated carbocycles. The summed E-state index contributed by atoms with van der Waals surface area (Å²) in [7, 11) is 0. The summed E-state index contributed by atoms with van der Waals surface area (Å²) in [5.41, 5.74) is -0.759. The first-order valence-electron chi connectivity index (χ1n) is 9.09. The molecule has 6 nitrogen and oxygen atoms in total. The minimum absolute atomic E-state index is 0.0886. The zero-order valence-electron chi connectivity index (χ0n) is 16.3. The summed E-state index contributed by atoms with van der Waals surface area (Å²) < 4.78 is 11.6. The molecule has 27 heavy (non-hydrogen) atoms. The van der Waals surface area contributed by atoms with Gasteiger partial charge in [0.05, 0.1) is 23.1 Å². The Morgan fingerprint density at radius 2 is 2.07 bits per heavy atom. The lowest BCUT2D eigenvalue weighted by atomic mass is 9.98. The van der Waals surface area contributed by atoms with E-state index in [1.807, 2.05) is 31.7 Å². The van der Waals surface area contributed by atoms with Gasteiger partial charge in [0.25, 0.3) is 0 Å². The number of nitrogens with zero attached hydrogens (tertiary/aromatic N) is 1. The summed E-state index contributed by atoms with van der Waals surface area (Å²) in [6, 6.07) is 5.29. The van der Waals surface area contributed by atoms with Crippen molar-refractivity contribution in [2.45, 2.75) is 51.7 Å². The van der Waals surface area contributed by atoms with E-state index < -0.39 is 17.2 Å². The number of rotatable bonds is 7. The number of benzene rings is 1. The topological polar surface area (TPSA) is 76.1 Å². The van der Waals surface area contributed by atoms with Gasteiger partial charge < -0.3 is 19.5 Å². The molecule has 0 aromatic heterocycles. The van der Waals surface area contributed by atoms with Gasteiger partial charge in [-0.2, -0.15) is 0 Å². The number of carboxylic acids is 1. The van der Waals surface area contributed by atoms with Crippen molar-refractivity contribution >= 4 is 29.5 Å². The first-order chi connectivity index (χ1) is 12.5. The Morgan fingerprint density at radius 1 is 1.37 bits per heavy atom. The minimum Gasteiger partial charge on any atom is -0.481 e. The number of carbonyl (C=O) groups is 2. The fourth-order valence-electron chi connectivity index (χ4n) is 2.88. The molecular formula is C20H28ClNO5. The smallest absolute Gasteiger partial charge is 0.308 e. The number of hydrogen-bond donors (Lipinski definition) is 1. The molecule has 0 aliphatic carbocycles. The standard InChI is InChI=1S/C20H28ClNO5/c1-19(2,3)26-13-20(4,12-23)27-17-10-15(7-8-16(17)21)22-9-5-6-14(11-22)18(24)25/h7-8,10,12,14H,5-6,9,11,13H2,1-4H3,(H,24,25)/t14-,20?/m1/s1. The third-order valence-electron chi connectivity index (χ3n) is 4.43. The maximum Gasteiger partial charge on any atom is 0.308 e. The molecule has 2 atom stereocenters. The van der Waals surface area contributed by atoms with E-state index in [1.54, 1.807) is 19.1 Å². The summed E-state index contributed by atoms with van der Waals surface area (Å²) in [6.45, 7) is 8.65. The predicted molar refractivity (Wildman–Crippen MR) is 105 cm³/mol. The van der Waals surface area contributed by atoms with Crippen molar-refractivity contribution in [3.63, 3.8) is 0 Å². The molecule has 1 aliphatic heterocycles. The Kier molecular flexibility index (Phi) is 6.76. The second-order valence-corrected chi connectivity index (χ2v) is 8.58. The fourth-order valence-corrected chi connectivity index (χ4v) is 3.03. The molecule has 150 valence electrons. The lowest BCUT2D eigenvalue weighted by Gasteiger charge is -2.33. The number of aliphatic carboxylic acids is 1. The first kappa shape index (κ1) is 21.5. The van der Waals surface area contributed by atoms with Crippen LogP contribution in [0.1, 0.15) is 40.5 Å². The number of hydrogen-bond acceptors (Lipinski definition) is 5. The molecule has 0 bridgehead atoms. The maximum atomic E-state index is 11.6. The number of carbonyl (C=O) groups excluding carboxylic acids is 1. The van der Waals surface area contributed by atoms with Crippen molar-refractivity contribution in [1.82, 2.24) is 0 Å². The van der Waals surface area contributed by atoms with Crippen molar-refractivity contribution in [2.75, 3.05) is 24.6 Å². The van der Waals surface area contributed by atoms with Gasteiger partial charge in [-0.1, -0.05) is 11.6 Å². The van der Waals surface area contributed by atoms with E-state index in [1.165, 1.54) is 0 Å². The van der Waals surface area contributed by atoms with Crippen LogP contribution in [-0.4, -0.2) is 48.3 Å². The third-order valence-corrected chi connectivity index (χ3v) is 4.75. The highest BCUT2D eigenvalue weighted by atomic mass is 35.5. The van der Waals surface area contributed by atoms with E-state index in [-0.39, 0.29) is 12.5 Å². The van der Waals surface area contributed by atoms with E-state index in [0.717, 1.165) is 18.7 Å². The van der Waals surface area contributed by atoms with Crippen LogP contribution in [0.15, 0.2) is 18.2 Å². The second kappa shape index (κ2) is 8.48. The predicted octanol–water partition coefficient (Wildman–Crippen LogP) is 3.79. The van der Waals surface area contributed by atoms with Crippen molar-refractivity contribution in [1.29, 1.82) is 0 Å². The highest BCUT2D eigenvalue weighted by molar-refractivity contribution is 6.32. The molecular weight excluding hydrogens is 370 g/mol. The molecule has 1 aromatic rings. The summed E-state index contributed by atoms with van der Waals surface area (Å²) >= 11 is 6.27. The van der Waals surface area contributed by atoms with Crippen LogP contribution in [0.25, 0.3) is 0 Å². The maximum absolute atomic E-state index is 11.6. The Morgan fingerprint density at radius 3 is 2.67 bits per heavy atom. The summed E-state index contributed by atoms with van der Waals surface area (Å²) in [6.07, 6.45) is 2.19. The highest BCUT2D eigenvalue weighted by Crippen LogP contribution is 2.34. The average Bonchev–Trinajstić information content (AvgIpc) is 2.61. The lowest BCUT2D eigenvalue weighted by molar-refractivity contribution is -0.142. The van der Waals surface area contributed by atoms with Crippen LogP contribution in [0.3, 0.4) is 0 Å². The van der Waals surface area contributed by atoms with Gasteiger partial charge in [0.2, 0.25) is 0 Å². The summed E-state index contributed by atoms with van der Waals surface area (Å²) in [5, 5.41) is 9.67. The molecule has 1 saturated heterocycles. The van der Waals surface area contributed by atoms with Crippen LogP contribution in [0, 0.1) is 5.92 Å². The van der Waals surface area contributed by atoms with Crippen molar-refractivity contribution in [3.05, 3.63) is 23.2 Å². The molecule has 0 radical (unpaired) electrons. The molecule has 1 aromatic carbocycles. The Hall–Kier alpha value is -1.79. The van der Waals surface area contributed by atoms with Gasteiger partial charge in [-0.25, -0.2) is 0 Å². The zero-order valence-corrected chi connectivity index (χ0v) is 17.1. The second-order valence-electron chi connectivity index (χ2n) is 8.17. The SMILES string of the molecule is CC(C)(C)OCC(C)(C=O)Oc1cc(N2CCC[C@@H](C(=O)O)C2)ccc1Cl. The van der Waals surface area contributed by atoms with Gasteiger partial charge in [-0.05, 0) is 52.7 Å². The molecule has 1 aliphatic rings. The molecule has 0 amide bonds. The molecule has 1 fully saturated rings. The van der Waals surface area contributed by atoms with Crippen LogP contribution in [0.5, 0.6) is 5.75 Å². The van der Waals surface area contributed by atoms with Crippen LogP contribution in [0.4, 0.5) is 5.69 Å². The van der Waals surface area contributed by atoms with Crippen LogP contribution in [0.2, 0.25) is 5.02 Å². The summed E-state index contributed by atoms with van der Waals surface area (Å²) in [4.78, 5) is 25.0. The van der Waals surface area contributed by atoms with Crippen LogP contribution < -0.4 is 9.64 Å². The normalized spacial score (nSPS) is 20.0. The molecule has 1 unspecified atom stereocenters. The number of carboxylic acid groups (broad SMARTS) is 1. The van der Waals surface area contributed by atoms with E-state index >= 15 is 0 Å². The Labute approximate surface area is 165 Å². The molecule has 2 rings (SSSR count). The largest absolute Gasteiger partial charge is 0.481 e. The number of aldehydes is 1. The number of anilines is 1. The number of halogens is 1. The van der Waals surface area contributed by atoms with Gasteiger partial charge >= 0.3 is 5.97 Å². The first-order valence-corrected chi connectivity index (χ1v) is 9.47. The van der Waals surface area contributed by atoms with Gasteiger partial charge in [-0.3, -0.25) is 9.59 Å². The van der Waals surface area contributed by atoms with Crippen molar-refractivity contribution < 1.29 is 24.2 Å². The van der Waals surface area contributed by atoms with E-state index in [2.05, 4.69) is 0 Å². The quantitative estimate of drug-likeness (QED) is 0.705. The van der Waals surface area contributed by atoms with Crippen LogP contribution >= 0.6 is 11.6 Å². The van der Waals surface area contributed by atoms with Gasteiger partial charge in [0, 0.05) is 24.8 Å². The molecule has 1 heterocycles. The van der Waals surface area contributed by atoms with Crippen molar-refractivity contribution in [2.24, 2.45) is 5.92 Å². The molecule has 7 heteroatoms. The van der Waals surface area contributed by atoms with E-state index in [0.29, 0.717) is 30.0 Å². The average molecular weight is 398 g/mol. The summed E-state index contributed by atoms with van der Waals surface area (Å²) in [5.74, 6) is -0.795. The zero-order chi connectivity index (χ0) is 20.2. The van der Waals surface area contributed by atoms with E-state index in [4.69, 9.17) is 21.1 Å². The van der Waals surface area contributed by atoms with Crippen LogP contribution in [-0.2, 0) is 14.3 Å². The number of piperidine rings is 1. The Bertz CT molecular complexity index is 687. The van der Waals surface area contributed by atoms with Crippen molar-refractivity contribution in [3.8, 4) is 5.75 Å². The highest BCUT2D eigenvalue weighted by Gasteiger charge is 2.31. The number of ether oxygens (including phenoxy) is 2. The Balaban J connectivity index is 2.18. The molecule has 1 N–H and O–H groups in total. The third kappa shape index (κ3) is 6.11. The van der Waals surface area contributed by atoms with Gasteiger partial charge in [0.15, 0.2) is 11.9 Å². The van der Waals surface area contributed by atoms with Gasteiger partial charge in [-0.15, -0.1) is 0 Å². The fraction of sp³-hybridized carbons (Fsp3) is 0.600. The minimum atomic E-state index is -1.18. The lowest BCUT2D eigenvalue weighted by Crippen LogP contribution is -2.42.